The van der Waals surface area contributed by atoms with Gasteiger partial charge >= 0.3 is 11.6 Å². The molecule has 0 unspecified atom stereocenters. The molecule has 21 heavy (non-hydrogen) atoms. The Morgan fingerprint density at radius 1 is 1.24 bits per heavy atom. The summed E-state index contributed by atoms with van der Waals surface area (Å²) in [7, 11) is 0. The van der Waals surface area contributed by atoms with Crippen LogP contribution < -0.4 is 10.9 Å². The molecule has 110 valence electrons. The summed E-state index contributed by atoms with van der Waals surface area (Å²) in [4.78, 5) is 35.0. The molecule has 6 heteroatoms. The van der Waals surface area contributed by atoms with Crippen molar-refractivity contribution < 1.29 is 19.1 Å². The molecule has 1 atom stereocenters. The van der Waals surface area contributed by atoms with E-state index >= 15 is 0 Å². The second kappa shape index (κ2) is 5.78. The Morgan fingerprint density at radius 3 is 2.52 bits per heavy atom. The maximum Gasteiger partial charge on any atom is 0.349 e. The Labute approximate surface area is 120 Å². The molecule has 1 heterocycles. The summed E-state index contributed by atoms with van der Waals surface area (Å²) in [6.07, 6.45) is 0. The van der Waals surface area contributed by atoms with Gasteiger partial charge in [-0.15, -0.1) is 0 Å². The molecule has 6 nitrogen and oxygen atoms in total. The van der Waals surface area contributed by atoms with Gasteiger partial charge in [0.2, 0.25) is 0 Å². The Kier molecular flexibility index (Phi) is 4.07. The summed E-state index contributed by atoms with van der Waals surface area (Å²) in [6, 6.07) is 7.11. The number of amides is 1. The minimum absolute atomic E-state index is 0.208. The molecule has 0 bridgehead atoms. The number of carbonyl (C=O) groups is 2. The van der Waals surface area contributed by atoms with Crippen LogP contribution in [0.2, 0.25) is 0 Å². The fraction of sp³-hybridized carbons (Fsp3) is 0.267. The van der Waals surface area contributed by atoms with E-state index in [1.807, 2.05) is 0 Å². The Morgan fingerprint density at radius 2 is 1.90 bits per heavy atom. The third kappa shape index (κ3) is 3.10. The van der Waals surface area contributed by atoms with Crippen LogP contribution in [0.5, 0.6) is 0 Å². The topological polar surface area (TPSA) is 96.6 Å². The molecule has 0 radical (unpaired) electrons. The summed E-state index contributed by atoms with van der Waals surface area (Å²) in [5, 5.41) is 12.0. The van der Waals surface area contributed by atoms with Gasteiger partial charge in [-0.05, 0) is 18.1 Å². The van der Waals surface area contributed by atoms with Crippen LogP contribution in [0.15, 0.2) is 39.5 Å². The normalized spacial score (nSPS) is 12.3. The maximum absolute atomic E-state index is 12.1. The first-order valence-corrected chi connectivity index (χ1v) is 6.46. The van der Waals surface area contributed by atoms with E-state index in [1.165, 1.54) is 6.07 Å². The van der Waals surface area contributed by atoms with Crippen molar-refractivity contribution >= 4 is 22.8 Å². The van der Waals surface area contributed by atoms with Gasteiger partial charge in [-0.25, -0.2) is 9.59 Å². The smallest absolute Gasteiger partial charge is 0.349 e. The number of fused-ring (bicyclic) bond motifs is 1. The number of para-hydroxylation sites is 1. The molecule has 1 aromatic carbocycles. The predicted molar refractivity (Wildman–Crippen MR) is 76.2 cm³/mol. The Balaban J connectivity index is 2.37. The first kappa shape index (κ1) is 14.8. The lowest BCUT2D eigenvalue weighted by molar-refractivity contribution is -0.140. The van der Waals surface area contributed by atoms with E-state index in [1.54, 1.807) is 38.1 Å². The minimum atomic E-state index is -1.15. The fourth-order valence-electron chi connectivity index (χ4n) is 1.95. The van der Waals surface area contributed by atoms with Crippen LogP contribution in [0.3, 0.4) is 0 Å². The SMILES string of the molecule is CC(C)[C@H](NC(=O)c1cc2ccccc2oc1=O)C(=O)O. The number of carboxylic acids is 1. The predicted octanol–water partition coefficient (Wildman–Crippen LogP) is 1.63. The average molecular weight is 289 g/mol. The minimum Gasteiger partial charge on any atom is -0.480 e. The first-order valence-electron chi connectivity index (χ1n) is 6.46. The fourth-order valence-corrected chi connectivity index (χ4v) is 1.95. The molecule has 2 rings (SSSR count). The summed E-state index contributed by atoms with van der Waals surface area (Å²) < 4.78 is 5.05. The number of carboxylic acid groups (broad SMARTS) is 1. The molecule has 0 spiro atoms. The Bertz CT molecular complexity index is 747. The lowest BCUT2D eigenvalue weighted by atomic mass is 10.0. The van der Waals surface area contributed by atoms with Crippen LogP contribution in [-0.4, -0.2) is 23.0 Å². The van der Waals surface area contributed by atoms with E-state index in [4.69, 9.17) is 9.52 Å². The van der Waals surface area contributed by atoms with Crippen molar-refractivity contribution in [3.63, 3.8) is 0 Å². The zero-order chi connectivity index (χ0) is 15.6. The summed E-state index contributed by atoms with van der Waals surface area (Å²) in [5.41, 5.74) is -0.627. The van der Waals surface area contributed by atoms with Gasteiger partial charge < -0.3 is 14.8 Å². The van der Waals surface area contributed by atoms with Crippen LogP contribution in [-0.2, 0) is 4.79 Å². The van der Waals surface area contributed by atoms with E-state index in [0.717, 1.165) is 0 Å². The van der Waals surface area contributed by atoms with Crippen LogP contribution in [0.1, 0.15) is 24.2 Å². The Hall–Kier alpha value is -2.63. The summed E-state index contributed by atoms with van der Waals surface area (Å²) in [6.45, 7) is 3.34. The number of aliphatic carboxylic acids is 1. The van der Waals surface area contributed by atoms with Crippen molar-refractivity contribution in [2.45, 2.75) is 19.9 Å². The largest absolute Gasteiger partial charge is 0.480 e. The van der Waals surface area contributed by atoms with Crippen molar-refractivity contribution in [3.8, 4) is 0 Å². The van der Waals surface area contributed by atoms with E-state index in [-0.39, 0.29) is 11.5 Å². The molecule has 0 saturated heterocycles. The molecule has 0 aliphatic rings. The quantitative estimate of drug-likeness (QED) is 0.834. The number of nitrogens with one attached hydrogen (secondary N) is 1. The van der Waals surface area contributed by atoms with Gasteiger partial charge in [0, 0.05) is 5.39 Å². The molecule has 2 N–H and O–H groups in total. The van der Waals surface area contributed by atoms with Crippen molar-refractivity contribution in [2.24, 2.45) is 5.92 Å². The monoisotopic (exact) mass is 289 g/mol. The number of benzene rings is 1. The number of hydrogen-bond donors (Lipinski definition) is 2. The zero-order valence-electron chi connectivity index (χ0n) is 11.6. The van der Waals surface area contributed by atoms with Crippen LogP contribution >= 0.6 is 0 Å². The highest BCUT2D eigenvalue weighted by Crippen LogP contribution is 2.13. The standard InChI is InChI=1S/C15H15NO5/c1-8(2)12(14(18)19)16-13(17)10-7-9-5-3-4-6-11(9)21-15(10)20/h3-8,12H,1-2H3,(H,16,17)(H,18,19)/t12-/m0/s1. The van der Waals surface area contributed by atoms with Crippen LogP contribution in [0.25, 0.3) is 11.0 Å². The van der Waals surface area contributed by atoms with Crippen molar-refractivity contribution in [1.29, 1.82) is 0 Å². The molecule has 0 saturated carbocycles. The van der Waals surface area contributed by atoms with E-state index in [9.17, 15) is 14.4 Å². The highest BCUT2D eigenvalue weighted by molar-refractivity contribution is 5.98. The maximum atomic E-state index is 12.1. The van der Waals surface area contributed by atoms with E-state index in [0.29, 0.717) is 11.0 Å². The molecule has 2 aromatic rings. The van der Waals surface area contributed by atoms with E-state index < -0.39 is 23.5 Å². The van der Waals surface area contributed by atoms with E-state index in [2.05, 4.69) is 5.32 Å². The zero-order valence-corrected chi connectivity index (χ0v) is 11.6. The molecular formula is C15H15NO5. The lowest BCUT2D eigenvalue weighted by Crippen LogP contribution is -2.45. The van der Waals surface area contributed by atoms with Gasteiger partial charge in [0.15, 0.2) is 0 Å². The summed E-state index contributed by atoms with van der Waals surface area (Å²) >= 11 is 0. The average Bonchev–Trinajstić information content (AvgIpc) is 2.43. The van der Waals surface area contributed by atoms with Gasteiger partial charge in [-0.3, -0.25) is 4.79 Å². The molecular weight excluding hydrogens is 274 g/mol. The van der Waals surface area contributed by atoms with Gasteiger partial charge in [-0.2, -0.15) is 0 Å². The third-order valence-electron chi connectivity index (χ3n) is 3.11. The van der Waals surface area contributed by atoms with Gasteiger partial charge in [0.25, 0.3) is 5.91 Å². The lowest BCUT2D eigenvalue weighted by Gasteiger charge is -2.17. The molecule has 0 fully saturated rings. The van der Waals surface area contributed by atoms with Crippen LogP contribution in [0, 0.1) is 5.92 Å². The first-order chi connectivity index (χ1) is 9.90. The number of carbonyl (C=O) groups excluding carboxylic acids is 1. The second-order valence-corrected chi connectivity index (χ2v) is 5.02. The van der Waals surface area contributed by atoms with Crippen molar-refractivity contribution in [2.75, 3.05) is 0 Å². The number of rotatable bonds is 4. The van der Waals surface area contributed by atoms with Gasteiger partial charge in [0.05, 0.1) is 0 Å². The number of hydrogen-bond acceptors (Lipinski definition) is 4. The van der Waals surface area contributed by atoms with Crippen molar-refractivity contribution in [1.82, 2.24) is 5.32 Å². The molecule has 1 aromatic heterocycles. The van der Waals surface area contributed by atoms with Crippen molar-refractivity contribution in [3.05, 3.63) is 46.3 Å². The van der Waals surface area contributed by atoms with Gasteiger partial charge in [-0.1, -0.05) is 32.0 Å². The molecule has 1 amide bonds. The molecule has 0 aliphatic heterocycles. The van der Waals surface area contributed by atoms with Gasteiger partial charge in [0.1, 0.15) is 17.2 Å². The molecule has 0 aliphatic carbocycles. The highest BCUT2D eigenvalue weighted by Gasteiger charge is 2.25. The second-order valence-electron chi connectivity index (χ2n) is 5.02. The summed E-state index contributed by atoms with van der Waals surface area (Å²) in [5.74, 6) is -2.21. The third-order valence-corrected chi connectivity index (χ3v) is 3.11. The highest BCUT2D eigenvalue weighted by atomic mass is 16.4. The van der Waals surface area contributed by atoms with Crippen LogP contribution in [0.4, 0.5) is 0 Å².